The first-order chi connectivity index (χ1) is 13.4. The molecule has 2 aromatic carbocycles. The van der Waals surface area contributed by atoms with E-state index in [0.29, 0.717) is 24.3 Å². The second kappa shape index (κ2) is 8.53. The molecule has 0 bridgehead atoms. The highest BCUT2D eigenvalue weighted by Crippen LogP contribution is 2.26. The van der Waals surface area contributed by atoms with Crippen LogP contribution >= 0.6 is 11.6 Å². The Kier molecular flexibility index (Phi) is 6.11. The fraction of sp³-hybridized carbons (Fsp3) is 0.316. The summed E-state index contributed by atoms with van der Waals surface area (Å²) in [4.78, 5) is 24.9. The standard InChI is InChI=1S/C19H19ClFN3O4/c20-15-5-3-12(9-16(15)21)18(25)11-22-13-4-6-17(24(27)28)14(10-13)19(26)23-7-1-2-8-23/h3-6,9-10,18,22,25H,1-2,7-8,11H2. The van der Waals surface area contributed by atoms with Crippen molar-refractivity contribution in [3.05, 3.63) is 68.5 Å². The number of anilines is 1. The molecule has 1 aliphatic heterocycles. The lowest BCUT2D eigenvalue weighted by Crippen LogP contribution is -2.28. The van der Waals surface area contributed by atoms with Crippen molar-refractivity contribution < 1.29 is 19.2 Å². The molecule has 0 aliphatic carbocycles. The van der Waals surface area contributed by atoms with Crippen molar-refractivity contribution in [3.63, 3.8) is 0 Å². The van der Waals surface area contributed by atoms with E-state index in [2.05, 4.69) is 5.32 Å². The number of hydrogen-bond donors (Lipinski definition) is 2. The van der Waals surface area contributed by atoms with Crippen molar-refractivity contribution in [2.24, 2.45) is 0 Å². The van der Waals surface area contributed by atoms with Crippen LogP contribution < -0.4 is 5.32 Å². The molecule has 1 fully saturated rings. The Labute approximate surface area is 165 Å². The van der Waals surface area contributed by atoms with Gasteiger partial charge in [0.15, 0.2) is 0 Å². The minimum atomic E-state index is -1.03. The number of amides is 1. The van der Waals surface area contributed by atoms with E-state index >= 15 is 0 Å². The quantitative estimate of drug-likeness (QED) is 0.561. The van der Waals surface area contributed by atoms with Crippen molar-refractivity contribution >= 4 is 28.9 Å². The Bertz CT molecular complexity index is 903. The van der Waals surface area contributed by atoms with Crippen molar-refractivity contribution in [3.8, 4) is 0 Å². The van der Waals surface area contributed by atoms with Crippen molar-refractivity contribution in [1.29, 1.82) is 0 Å². The van der Waals surface area contributed by atoms with Crippen LogP contribution in [0.2, 0.25) is 5.02 Å². The molecule has 1 heterocycles. The maximum absolute atomic E-state index is 13.5. The van der Waals surface area contributed by atoms with E-state index in [9.17, 15) is 24.4 Å². The molecule has 0 spiro atoms. The number of halogens is 2. The molecular weight excluding hydrogens is 389 g/mol. The summed E-state index contributed by atoms with van der Waals surface area (Å²) in [6, 6.07) is 8.15. The van der Waals surface area contributed by atoms with Crippen LogP contribution in [-0.4, -0.2) is 40.5 Å². The predicted octanol–water partition coefficient (Wildman–Crippen LogP) is 3.77. The number of nitrogens with zero attached hydrogens (tertiary/aromatic N) is 2. The fourth-order valence-electron chi connectivity index (χ4n) is 3.12. The number of aliphatic hydroxyl groups is 1. The van der Waals surface area contributed by atoms with Crippen LogP contribution in [0.1, 0.15) is 34.9 Å². The summed E-state index contributed by atoms with van der Waals surface area (Å²) in [5.74, 6) is -1.01. The number of rotatable bonds is 6. The molecule has 2 aromatic rings. The molecule has 3 rings (SSSR count). The second-order valence-corrected chi connectivity index (χ2v) is 6.97. The van der Waals surface area contributed by atoms with E-state index in [1.165, 1.54) is 30.3 Å². The number of nitro benzene ring substituents is 1. The number of hydrogen-bond acceptors (Lipinski definition) is 5. The lowest BCUT2D eigenvalue weighted by molar-refractivity contribution is -0.385. The molecule has 0 saturated carbocycles. The highest BCUT2D eigenvalue weighted by atomic mass is 35.5. The largest absolute Gasteiger partial charge is 0.387 e. The zero-order valence-electron chi connectivity index (χ0n) is 14.9. The van der Waals surface area contributed by atoms with Gasteiger partial charge >= 0.3 is 0 Å². The molecule has 1 aliphatic rings. The highest BCUT2D eigenvalue weighted by molar-refractivity contribution is 6.30. The Morgan fingerprint density at radius 1 is 1.29 bits per heavy atom. The monoisotopic (exact) mass is 407 g/mol. The number of benzene rings is 2. The van der Waals surface area contributed by atoms with Gasteiger partial charge in [-0.05, 0) is 42.7 Å². The number of carbonyl (C=O) groups is 1. The van der Waals surface area contributed by atoms with Gasteiger partial charge in [0, 0.05) is 31.4 Å². The smallest absolute Gasteiger partial charge is 0.282 e. The van der Waals surface area contributed by atoms with E-state index in [4.69, 9.17) is 11.6 Å². The molecule has 28 heavy (non-hydrogen) atoms. The van der Waals surface area contributed by atoms with Gasteiger partial charge in [-0.3, -0.25) is 14.9 Å². The number of aliphatic hydroxyl groups excluding tert-OH is 1. The number of carbonyl (C=O) groups excluding carboxylic acids is 1. The first-order valence-corrected chi connectivity index (χ1v) is 9.19. The van der Waals surface area contributed by atoms with Gasteiger partial charge in [0.1, 0.15) is 11.4 Å². The lowest BCUT2D eigenvalue weighted by atomic mass is 10.1. The molecule has 0 radical (unpaired) electrons. The maximum atomic E-state index is 13.5. The Balaban J connectivity index is 1.76. The molecule has 1 saturated heterocycles. The van der Waals surface area contributed by atoms with E-state index in [1.807, 2.05) is 0 Å². The molecule has 0 aromatic heterocycles. The van der Waals surface area contributed by atoms with Gasteiger partial charge in [-0.15, -0.1) is 0 Å². The third kappa shape index (κ3) is 4.40. The van der Waals surface area contributed by atoms with Crippen LogP contribution in [-0.2, 0) is 0 Å². The molecular formula is C19H19ClFN3O4. The Morgan fingerprint density at radius 3 is 2.64 bits per heavy atom. The summed E-state index contributed by atoms with van der Waals surface area (Å²) in [7, 11) is 0. The van der Waals surface area contributed by atoms with Gasteiger partial charge in [-0.2, -0.15) is 0 Å². The summed E-state index contributed by atoms with van der Waals surface area (Å²) in [6.07, 6.45) is 0.725. The minimum absolute atomic E-state index is 0.00364. The first-order valence-electron chi connectivity index (χ1n) is 8.81. The second-order valence-electron chi connectivity index (χ2n) is 6.56. The van der Waals surface area contributed by atoms with Crippen LogP contribution in [0.25, 0.3) is 0 Å². The van der Waals surface area contributed by atoms with E-state index < -0.39 is 16.8 Å². The Hall–Kier alpha value is -2.71. The number of likely N-dealkylation sites (tertiary alicyclic amines) is 1. The third-order valence-corrected chi connectivity index (χ3v) is 4.95. The Morgan fingerprint density at radius 2 is 2.00 bits per heavy atom. The topological polar surface area (TPSA) is 95.7 Å². The predicted molar refractivity (Wildman–Crippen MR) is 103 cm³/mol. The van der Waals surface area contributed by atoms with Crippen LogP contribution in [0, 0.1) is 15.9 Å². The summed E-state index contributed by atoms with van der Waals surface area (Å²) in [5.41, 5.74) is 0.526. The van der Waals surface area contributed by atoms with Crippen molar-refractivity contribution in [2.45, 2.75) is 18.9 Å². The molecule has 1 atom stereocenters. The average molecular weight is 408 g/mol. The fourth-order valence-corrected chi connectivity index (χ4v) is 3.24. The molecule has 1 amide bonds. The van der Waals surface area contributed by atoms with Crippen LogP contribution in [0.5, 0.6) is 0 Å². The van der Waals surface area contributed by atoms with Gasteiger partial charge in [-0.1, -0.05) is 17.7 Å². The number of nitrogens with one attached hydrogen (secondary N) is 1. The molecule has 7 nitrogen and oxygen atoms in total. The zero-order chi connectivity index (χ0) is 20.3. The van der Waals surface area contributed by atoms with E-state index in [-0.39, 0.29) is 28.7 Å². The van der Waals surface area contributed by atoms with Gasteiger partial charge in [0.2, 0.25) is 0 Å². The maximum Gasteiger partial charge on any atom is 0.282 e. The highest BCUT2D eigenvalue weighted by Gasteiger charge is 2.27. The SMILES string of the molecule is O=C(c1cc(NCC(O)c2ccc(Cl)c(F)c2)ccc1[N+](=O)[O-])N1CCCC1. The summed E-state index contributed by atoms with van der Waals surface area (Å²) < 4.78 is 13.5. The van der Waals surface area contributed by atoms with Gasteiger partial charge in [0.05, 0.1) is 16.0 Å². The summed E-state index contributed by atoms with van der Waals surface area (Å²) in [6.45, 7) is 1.18. The summed E-state index contributed by atoms with van der Waals surface area (Å²) in [5, 5.41) is 24.4. The third-order valence-electron chi connectivity index (χ3n) is 4.64. The van der Waals surface area contributed by atoms with E-state index in [0.717, 1.165) is 18.9 Å². The van der Waals surface area contributed by atoms with Crippen molar-refractivity contribution in [1.82, 2.24) is 4.90 Å². The van der Waals surface area contributed by atoms with Crippen molar-refractivity contribution in [2.75, 3.05) is 25.0 Å². The lowest BCUT2D eigenvalue weighted by Gasteiger charge is -2.17. The van der Waals surface area contributed by atoms with Gasteiger partial charge in [0.25, 0.3) is 11.6 Å². The number of nitro groups is 1. The molecule has 1 unspecified atom stereocenters. The molecule has 9 heteroatoms. The average Bonchev–Trinajstić information content (AvgIpc) is 3.22. The van der Waals surface area contributed by atoms with Gasteiger partial charge in [-0.25, -0.2) is 4.39 Å². The van der Waals surface area contributed by atoms with Crippen LogP contribution in [0.15, 0.2) is 36.4 Å². The van der Waals surface area contributed by atoms with E-state index in [1.54, 1.807) is 4.90 Å². The van der Waals surface area contributed by atoms with Crippen LogP contribution in [0.3, 0.4) is 0 Å². The molecule has 2 N–H and O–H groups in total. The first kappa shape index (κ1) is 20.0. The summed E-state index contributed by atoms with van der Waals surface area (Å²) >= 11 is 5.64. The van der Waals surface area contributed by atoms with Crippen LogP contribution in [0.4, 0.5) is 15.8 Å². The van der Waals surface area contributed by atoms with Gasteiger partial charge < -0.3 is 15.3 Å². The zero-order valence-corrected chi connectivity index (χ0v) is 15.7. The molecule has 148 valence electrons. The normalized spacial score (nSPS) is 14.8. The minimum Gasteiger partial charge on any atom is -0.387 e.